The minimum atomic E-state index is 0.328. The summed E-state index contributed by atoms with van der Waals surface area (Å²) in [6, 6.07) is 4.74. The molecule has 92 valence electrons. The number of rotatable bonds is 5. The summed E-state index contributed by atoms with van der Waals surface area (Å²) in [6.07, 6.45) is 1.16. The number of aryl methyl sites for hydroxylation is 1. The standard InChI is InChI=1S/C13H16BrNS2/c1-3-5-15-12(10-4-6-16-8-10)13-11(14)7-9(2)17-13/h4,6-8,12,15H,3,5H2,1-2H3. The number of thiophene rings is 2. The Morgan fingerprint density at radius 2 is 2.29 bits per heavy atom. The topological polar surface area (TPSA) is 12.0 Å². The maximum absolute atomic E-state index is 3.67. The van der Waals surface area contributed by atoms with Gasteiger partial charge in [0.25, 0.3) is 0 Å². The minimum Gasteiger partial charge on any atom is -0.306 e. The molecule has 0 radical (unpaired) electrons. The predicted octanol–water partition coefficient (Wildman–Crippen LogP) is 4.97. The van der Waals surface area contributed by atoms with Crippen molar-refractivity contribution >= 4 is 38.6 Å². The molecule has 0 fully saturated rings. The highest BCUT2D eigenvalue weighted by atomic mass is 79.9. The summed E-state index contributed by atoms with van der Waals surface area (Å²) < 4.78 is 1.22. The lowest BCUT2D eigenvalue weighted by Crippen LogP contribution is -2.22. The summed E-state index contributed by atoms with van der Waals surface area (Å²) in [5.41, 5.74) is 1.37. The SMILES string of the molecule is CCCNC(c1ccsc1)c1sc(C)cc1Br. The zero-order chi connectivity index (χ0) is 12.3. The summed E-state index contributed by atoms with van der Waals surface area (Å²) in [5, 5.41) is 8.00. The van der Waals surface area contributed by atoms with Crippen LogP contribution >= 0.6 is 38.6 Å². The Hall–Kier alpha value is -0.160. The normalized spacial score (nSPS) is 12.9. The lowest BCUT2D eigenvalue weighted by molar-refractivity contribution is 0.606. The van der Waals surface area contributed by atoms with Gasteiger partial charge in [0.15, 0.2) is 0 Å². The van der Waals surface area contributed by atoms with E-state index in [9.17, 15) is 0 Å². The third-order valence-electron chi connectivity index (χ3n) is 2.57. The molecule has 0 aromatic carbocycles. The van der Waals surface area contributed by atoms with Gasteiger partial charge in [-0.05, 0) is 64.3 Å². The molecule has 0 aliphatic heterocycles. The van der Waals surface area contributed by atoms with Crippen LogP contribution in [0.25, 0.3) is 0 Å². The molecule has 1 nitrogen and oxygen atoms in total. The van der Waals surface area contributed by atoms with Gasteiger partial charge in [-0.1, -0.05) is 6.92 Å². The lowest BCUT2D eigenvalue weighted by atomic mass is 10.1. The third-order valence-corrected chi connectivity index (χ3v) is 5.31. The maximum atomic E-state index is 3.67. The molecule has 0 amide bonds. The zero-order valence-electron chi connectivity index (χ0n) is 10.00. The fourth-order valence-corrected chi connectivity index (χ4v) is 4.46. The minimum absolute atomic E-state index is 0.328. The molecule has 4 heteroatoms. The predicted molar refractivity (Wildman–Crippen MR) is 81.2 cm³/mol. The first kappa shape index (κ1) is 13.3. The van der Waals surface area contributed by atoms with Crippen molar-refractivity contribution in [1.29, 1.82) is 0 Å². The van der Waals surface area contributed by atoms with Crippen molar-refractivity contribution in [3.8, 4) is 0 Å². The van der Waals surface area contributed by atoms with Crippen molar-refractivity contribution in [3.05, 3.63) is 42.7 Å². The third kappa shape index (κ3) is 3.19. The van der Waals surface area contributed by atoms with E-state index in [-0.39, 0.29) is 0 Å². The first-order valence-electron chi connectivity index (χ1n) is 5.73. The fraction of sp³-hybridized carbons (Fsp3) is 0.385. The molecule has 0 saturated carbocycles. The fourth-order valence-electron chi connectivity index (χ4n) is 1.79. The van der Waals surface area contributed by atoms with Crippen molar-refractivity contribution in [2.24, 2.45) is 0 Å². The van der Waals surface area contributed by atoms with Gasteiger partial charge >= 0.3 is 0 Å². The Morgan fingerprint density at radius 1 is 1.47 bits per heavy atom. The second-order valence-electron chi connectivity index (χ2n) is 4.01. The number of nitrogens with one attached hydrogen (secondary N) is 1. The monoisotopic (exact) mass is 329 g/mol. The summed E-state index contributed by atoms with van der Waals surface area (Å²) >= 11 is 7.29. The van der Waals surface area contributed by atoms with Crippen LogP contribution in [0.3, 0.4) is 0 Å². The summed E-state index contributed by atoms with van der Waals surface area (Å²) in [4.78, 5) is 2.74. The average molecular weight is 330 g/mol. The van der Waals surface area contributed by atoms with E-state index in [1.54, 1.807) is 11.3 Å². The Labute approximate surface area is 119 Å². The quantitative estimate of drug-likeness (QED) is 0.816. The molecule has 2 heterocycles. The van der Waals surface area contributed by atoms with Gasteiger partial charge < -0.3 is 5.32 Å². The Bertz CT molecular complexity index is 462. The van der Waals surface area contributed by atoms with Gasteiger partial charge in [0.05, 0.1) is 6.04 Å². The molecule has 2 rings (SSSR count). The van der Waals surface area contributed by atoms with Crippen LogP contribution in [0.4, 0.5) is 0 Å². The highest BCUT2D eigenvalue weighted by molar-refractivity contribution is 9.10. The molecule has 0 aliphatic rings. The molecule has 0 saturated heterocycles. The number of halogens is 1. The van der Waals surface area contributed by atoms with Crippen LogP contribution in [0.2, 0.25) is 0 Å². The molecule has 1 unspecified atom stereocenters. The highest BCUT2D eigenvalue weighted by Crippen LogP contribution is 2.36. The van der Waals surface area contributed by atoms with Gasteiger partial charge in [0.1, 0.15) is 0 Å². The second-order valence-corrected chi connectivity index (χ2v) is 6.94. The number of hydrogen-bond acceptors (Lipinski definition) is 3. The smallest absolute Gasteiger partial charge is 0.0690 e. The van der Waals surface area contributed by atoms with Gasteiger partial charge in [-0.3, -0.25) is 0 Å². The van der Waals surface area contributed by atoms with E-state index in [0.717, 1.165) is 13.0 Å². The van der Waals surface area contributed by atoms with Crippen LogP contribution in [0, 0.1) is 6.92 Å². The van der Waals surface area contributed by atoms with Crippen LogP contribution in [0.1, 0.15) is 34.7 Å². The molecule has 2 aromatic rings. The van der Waals surface area contributed by atoms with Crippen molar-refractivity contribution in [1.82, 2.24) is 5.32 Å². The summed E-state index contributed by atoms with van der Waals surface area (Å²) in [7, 11) is 0. The summed E-state index contributed by atoms with van der Waals surface area (Å²) in [5.74, 6) is 0. The van der Waals surface area contributed by atoms with E-state index in [0.29, 0.717) is 6.04 Å². The van der Waals surface area contributed by atoms with E-state index >= 15 is 0 Å². The molecule has 1 N–H and O–H groups in total. The van der Waals surface area contributed by atoms with Gasteiger partial charge in [0, 0.05) is 14.2 Å². The van der Waals surface area contributed by atoms with Crippen LogP contribution in [-0.2, 0) is 0 Å². The van der Waals surface area contributed by atoms with Gasteiger partial charge in [-0.2, -0.15) is 11.3 Å². The summed E-state index contributed by atoms with van der Waals surface area (Å²) in [6.45, 7) is 5.40. The second kappa shape index (κ2) is 6.14. The van der Waals surface area contributed by atoms with E-state index in [4.69, 9.17) is 0 Å². The maximum Gasteiger partial charge on any atom is 0.0690 e. The van der Waals surface area contributed by atoms with Gasteiger partial charge in [-0.25, -0.2) is 0 Å². The van der Waals surface area contributed by atoms with Gasteiger partial charge in [0.2, 0.25) is 0 Å². The zero-order valence-corrected chi connectivity index (χ0v) is 13.2. The molecule has 0 aliphatic carbocycles. The molecular weight excluding hydrogens is 314 g/mol. The van der Waals surface area contributed by atoms with Gasteiger partial charge in [-0.15, -0.1) is 11.3 Å². The van der Waals surface area contributed by atoms with Crippen molar-refractivity contribution < 1.29 is 0 Å². The highest BCUT2D eigenvalue weighted by Gasteiger charge is 2.18. The number of hydrogen-bond donors (Lipinski definition) is 1. The Kier molecular flexibility index (Phi) is 4.79. The van der Waals surface area contributed by atoms with E-state index in [1.807, 2.05) is 11.3 Å². The van der Waals surface area contributed by atoms with Crippen LogP contribution < -0.4 is 5.32 Å². The first-order chi connectivity index (χ1) is 8.22. The van der Waals surface area contributed by atoms with E-state index in [2.05, 4.69) is 58.0 Å². The molecular formula is C13H16BrNS2. The largest absolute Gasteiger partial charge is 0.306 e. The average Bonchev–Trinajstić information content (AvgIpc) is 2.90. The van der Waals surface area contributed by atoms with Crippen molar-refractivity contribution in [3.63, 3.8) is 0 Å². The van der Waals surface area contributed by atoms with Crippen molar-refractivity contribution in [2.45, 2.75) is 26.3 Å². The lowest BCUT2D eigenvalue weighted by Gasteiger charge is -2.16. The molecule has 17 heavy (non-hydrogen) atoms. The molecule has 0 bridgehead atoms. The van der Waals surface area contributed by atoms with Crippen molar-refractivity contribution in [2.75, 3.05) is 6.54 Å². The van der Waals surface area contributed by atoms with E-state index in [1.165, 1.54) is 19.8 Å². The first-order valence-corrected chi connectivity index (χ1v) is 8.29. The van der Waals surface area contributed by atoms with Crippen LogP contribution in [-0.4, -0.2) is 6.54 Å². The molecule has 2 aromatic heterocycles. The molecule has 0 spiro atoms. The Morgan fingerprint density at radius 3 is 2.82 bits per heavy atom. The van der Waals surface area contributed by atoms with Crippen LogP contribution in [0.5, 0.6) is 0 Å². The Balaban J connectivity index is 2.30. The molecule has 1 atom stereocenters. The van der Waals surface area contributed by atoms with Crippen LogP contribution in [0.15, 0.2) is 27.4 Å². The van der Waals surface area contributed by atoms with E-state index < -0.39 is 0 Å².